The van der Waals surface area contributed by atoms with Gasteiger partial charge in [0.25, 0.3) is 5.56 Å². The lowest BCUT2D eigenvalue weighted by Crippen LogP contribution is -2.25. The van der Waals surface area contributed by atoms with Crippen molar-refractivity contribution in [1.82, 2.24) is 25.0 Å². The molecule has 0 spiro atoms. The predicted octanol–water partition coefficient (Wildman–Crippen LogP) is 3.07. The van der Waals surface area contributed by atoms with Gasteiger partial charge in [-0.1, -0.05) is 0 Å². The van der Waals surface area contributed by atoms with E-state index in [0.29, 0.717) is 47.2 Å². The minimum absolute atomic E-state index is 0.137. The molecule has 0 unspecified atom stereocenters. The van der Waals surface area contributed by atoms with E-state index in [1.807, 2.05) is 19.1 Å². The summed E-state index contributed by atoms with van der Waals surface area (Å²) in [6.45, 7) is 2.44. The molecule has 0 bridgehead atoms. The number of halogens is 1. The molecule has 4 rings (SSSR count). The van der Waals surface area contributed by atoms with Crippen LogP contribution >= 0.6 is 27.3 Å². The Morgan fingerprint density at radius 1 is 1.30 bits per heavy atom. The zero-order valence-corrected chi connectivity index (χ0v) is 19.4. The van der Waals surface area contributed by atoms with Crippen LogP contribution < -0.4 is 15.0 Å². The standard InChI is InChI=1S/C20H22BrN5O3S/c1-11-23-24-17(30-11)7-5-14-18(21)19(25-26(2)20(14)27)29-10-12-8-15(12)16-6-4-13(28-3)9-22-16/h4,6,9,12,15H,5,7-8,10H2,1-3H3/t12-,15+/m1/s1. The fraction of sp³-hybridized carbons (Fsp3) is 0.450. The molecule has 0 saturated heterocycles. The van der Waals surface area contributed by atoms with Crippen molar-refractivity contribution in [1.29, 1.82) is 0 Å². The van der Waals surface area contributed by atoms with E-state index in [9.17, 15) is 4.79 Å². The number of hydrogen-bond donors (Lipinski definition) is 0. The maximum atomic E-state index is 12.6. The molecule has 8 nitrogen and oxygen atoms in total. The highest BCUT2D eigenvalue weighted by atomic mass is 79.9. The van der Waals surface area contributed by atoms with Crippen LogP contribution in [0.5, 0.6) is 11.6 Å². The van der Waals surface area contributed by atoms with E-state index in [1.165, 1.54) is 4.68 Å². The molecule has 0 amide bonds. The first kappa shape index (κ1) is 20.9. The molecule has 1 aliphatic carbocycles. The number of ether oxygens (including phenoxy) is 2. The van der Waals surface area contributed by atoms with Gasteiger partial charge in [-0.2, -0.15) is 0 Å². The van der Waals surface area contributed by atoms with Crippen molar-refractivity contribution in [3.8, 4) is 11.6 Å². The fourth-order valence-corrected chi connectivity index (χ4v) is 4.61. The molecule has 158 valence electrons. The van der Waals surface area contributed by atoms with Gasteiger partial charge in [0.2, 0.25) is 5.88 Å². The van der Waals surface area contributed by atoms with Crippen LogP contribution in [0.3, 0.4) is 0 Å². The van der Waals surface area contributed by atoms with Gasteiger partial charge in [0, 0.05) is 36.6 Å². The van der Waals surface area contributed by atoms with Crippen LogP contribution in [0, 0.1) is 12.8 Å². The summed E-state index contributed by atoms with van der Waals surface area (Å²) < 4.78 is 13.1. The Kier molecular flexibility index (Phi) is 6.14. The third kappa shape index (κ3) is 4.54. The summed E-state index contributed by atoms with van der Waals surface area (Å²) in [6.07, 6.45) is 3.95. The minimum atomic E-state index is -0.137. The van der Waals surface area contributed by atoms with Gasteiger partial charge >= 0.3 is 0 Å². The summed E-state index contributed by atoms with van der Waals surface area (Å²) in [5.41, 5.74) is 1.55. The Hall–Kier alpha value is -2.33. The summed E-state index contributed by atoms with van der Waals surface area (Å²) in [7, 11) is 3.27. The zero-order valence-electron chi connectivity index (χ0n) is 17.0. The van der Waals surface area contributed by atoms with Gasteiger partial charge in [0.15, 0.2) is 0 Å². The van der Waals surface area contributed by atoms with Crippen LogP contribution in [-0.4, -0.2) is 38.7 Å². The van der Waals surface area contributed by atoms with Gasteiger partial charge in [-0.05, 0) is 47.8 Å². The summed E-state index contributed by atoms with van der Waals surface area (Å²) in [6, 6.07) is 3.92. The summed E-state index contributed by atoms with van der Waals surface area (Å²) in [4.78, 5) is 17.0. The fourth-order valence-electron chi connectivity index (χ4n) is 3.34. The van der Waals surface area contributed by atoms with E-state index < -0.39 is 0 Å². The highest BCUT2D eigenvalue weighted by molar-refractivity contribution is 9.10. The predicted molar refractivity (Wildman–Crippen MR) is 116 cm³/mol. The van der Waals surface area contributed by atoms with E-state index in [4.69, 9.17) is 9.47 Å². The molecular formula is C20H22BrN5O3S. The van der Waals surface area contributed by atoms with Crippen LogP contribution in [0.2, 0.25) is 0 Å². The third-order valence-corrected chi connectivity index (χ3v) is 6.85. The first-order chi connectivity index (χ1) is 14.5. The zero-order chi connectivity index (χ0) is 21.3. The van der Waals surface area contributed by atoms with Crippen molar-refractivity contribution in [2.75, 3.05) is 13.7 Å². The molecule has 3 aromatic rings. The molecule has 3 heterocycles. The van der Waals surface area contributed by atoms with Gasteiger partial charge in [-0.25, -0.2) is 4.68 Å². The monoisotopic (exact) mass is 491 g/mol. The summed E-state index contributed by atoms with van der Waals surface area (Å²) >= 11 is 5.07. The highest BCUT2D eigenvalue weighted by Gasteiger charge is 2.40. The highest BCUT2D eigenvalue weighted by Crippen LogP contribution is 2.47. The number of rotatable bonds is 8. The minimum Gasteiger partial charge on any atom is -0.495 e. The second-order valence-electron chi connectivity index (χ2n) is 7.28. The van der Waals surface area contributed by atoms with E-state index in [2.05, 4.69) is 36.2 Å². The summed E-state index contributed by atoms with van der Waals surface area (Å²) in [5, 5.41) is 14.3. The van der Waals surface area contributed by atoms with Gasteiger partial charge < -0.3 is 9.47 Å². The Morgan fingerprint density at radius 3 is 2.80 bits per heavy atom. The smallest absolute Gasteiger partial charge is 0.271 e. The summed E-state index contributed by atoms with van der Waals surface area (Å²) in [5.74, 6) is 1.95. The molecule has 0 N–H and O–H groups in total. The maximum Gasteiger partial charge on any atom is 0.271 e. The maximum absolute atomic E-state index is 12.6. The van der Waals surface area contributed by atoms with Gasteiger partial charge in [-0.3, -0.25) is 9.78 Å². The number of pyridine rings is 1. The Morgan fingerprint density at radius 2 is 2.13 bits per heavy atom. The first-order valence-electron chi connectivity index (χ1n) is 9.63. The van der Waals surface area contributed by atoms with Crippen LogP contribution in [-0.2, 0) is 19.9 Å². The lowest BCUT2D eigenvalue weighted by molar-refractivity contribution is 0.275. The average molecular weight is 492 g/mol. The van der Waals surface area contributed by atoms with Gasteiger partial charge in [-0.15, -0.1) is 26.6 Å². The van der Waals surface area contributed by atoms with Crippen molar-refractivity contribution in [3.63, 3.8) is 0 Å². The van der Waals surface area contributed by atoms with E-state index in [-0.39, 0.29) is 5.56 Å². The third-order valence-electron chi connectivity index (χ3n) is 5.13. The normalized spacial score (nSPS) is 17.7. The number of methoxy groups -OCH3 is 1. The SMILES string of the molecule is COc1ccc([C@H]2C[C@@H]2COc2nn(C)c(=O)c(CCc3nnc(C)s3)c2Br)nc1. The molecule has 0 aliphatic heterocycles. The molecule has 1 saturated carbocycles. The van der Waals surface area contributed by atoms with Gasteiger partial charge in [0.05, 0.1) is 24.4 Å². The van der Waals surface area contributed by atoms with Crippen molar-refractivity contribution < 1.29 is 9.47 Å². The Balaban J connectivity index is 1.41. The molecule has 3 aromatic heterocycles. The Bertz CT molecular complexity index is 1100. The topological polar surface area (TPSA) is 92.0 Å². The number of hydrogen-bond acceptors (Lipinski definition) is 8. The van der Waals surface area contributed by atoms with Crippen molar-refractivity contribution in [2.24, 2.45) is 13.0 Å². The number of aryl methyl sites for hydroxylation is 3. The molecule has 2 atom stereocenters. The second kappa shape index (κ2) is 8.81. The first-order valence-corrected chi connectivity index (χ1v) is 11.2. The number of nitrogens with zero attached hydrogens (tertiary/aromatic N) is 5. The van der Waals surface area contributed by atoms with Crippen molar-refractivity contribution >= 4 is 27.3 Å². The Labute approximate surface area is 186 Å². The molecule has 0 aromatic carbocycles. The van der Waals surface area contributed by atoms with Crippen LogP contribution in [0.15, 0.2) is 27.6 Å². The van der Waals surface area contributed by atoms with E-state index >= 15 is 0 Å². The lowest BCUT2D eigenvalue weighted by Gasteiger charge is -2.12. The number of aromatic nitrogens is 5. The van der Waals surface area contributed by atoms with Crippen molar-refractivity contribution in [2.45, 2.75) is 32.1 Å². The largest absolute Gasteiger partial charge is 0.495 e. The molecular weight excluding hydrogens is 470 g/mol. The molecule has 30 heavy (non-hydrogen) atoms. The van der Waals surface area contributed by atoms with E-state index in [1.54, 1.807) is 31.7 Å². The molecule has 0 radical (unpaired) electrons. The average Bonchev–Trinajstić information content (AvgIpc) is 3.41. The van der Waals surface area contributed by atoms with Crippen LogP contribution in [0.1, 0.15) is 33.6 Å². The quantitative estimate of drug-likeness (QED) is 0.477. The second-order valence-corrected chi connectivity index (χ2v) is 9.34. The molecule has 10 heteroatoms. The van der Waals surface area contributed by atoms with Crippen LogP contribution in [0.4, 0.5) is 0 Å². The lowest BCUT2D eigenvalue weighted by atomic mass is 10.2. The molecule has 1 fully saturated rings. The van der Waals surface area contributed by atoms with Crippen molar-refractivity contribution in [3.05, 3.63) is 54.4 Å². The van der Waals surface area contributed by atoms with Crippen LogP contribution in [0.25, 0.3) is 0 Å². The molecule has 1 aliphatic rings. The van der Waals surface area contributed by atoms with Gasteiger partial charge in [0.1, 0.15) is 15.8 Å². The van der Waals surface area contributed by atoms with E-state index in [0.717, 1.165) is 27.9 Å².